The van der Waals surface area contributed by atoms with Crippen LogP contribution in [0.25, 0.3) is 43.7 Å². The molecule has 1 heterocycles. The summed E-state index contributed by atoms with van der Waals surface area (Å²) < 4.78 is 2.51. The summed E-state index contributed by atoms with van der Waals surface area (Å²) in [6.45, 7) is 2.37. The molecule has 178 valence electrons. The molecule has 0 saturated carbocycles. The minimum absolute atomic E-state index is 0.304. The van der Waals surface area contributed by atoms with Gasteiger partial charge in [-0.25, -0.2) is 0 Å². The molecule has 37 heavy (non-hydrogen) atoms. The highest BCUT2D eigenvalue weighted by Crippen LogP contribution is 2.48. The largest absolute Gasteiger partial charge is 0.330 e. The molecule has 0 aliphatic heterocycles. The fourth-order valence-corrected chi connectivity index (χ4v) is 6.32. The Morgan fingerprint density at radius 3 is 2.24 bits per heavy atom. The lowest BCUT2D eigenvalue weighted by molar-refractivity contribution is 0.457. The van der Waals surface area contributed by atoms with Gasteiger partial charge in [-0.1, -0.05) is 115 Å². The van der Waals surface area contributed by atoms with E-state index in [4.69, 9.17) is 11.6 Å². The van der Waals surface area contributed by atoms with E-state index in [0.29, 0.717) is 0 Å². The Morgan fingerprint density at radius 2 is 1.38 bits per heavy atom. The first-order chi connectivity index (χ1) is 18.1. The summed E-state index contributed by atoms with van der Waals surface area (Å²) in [6.07, 6.45) is 5.69. The number of hydrogen-bond acceptors (Lipinski definition) is 0. The Morgan fingerprint density at radius 1 is 0.676 bits per heavy atom. The van der Waals surface area contributed by atoms with Gasteiger partial charge < -0.3 is 4.57 Å². The monoisotopic (exact) mass is 495 g/mol. The Hall–Kier alpha value is -4.07. The zero-order chi connectivity index (χ0) is 25.0. The lowest BCUT2D eigenvalue weighted by atomic mass is 9.77. The fraction of sp³-hybridized carbons (Fsp3) is 0.0857. The third-order valence-corrected chi connectivity index (χ3v) is 8.15. The third-order valence-electron chi connectivity index (χ3n) is 7.91. The van der Waals surface area contributed by atoms with Crippen LogP contribution in [0.2, 0.25) is 5.02 Å². The van der Waals surface area contributed by atoms with Crippen LogP contribution < -0.4 is 0 Å². The molecular formula is C35H26ClN. The van der Waals surface area contributed by atoms with Gasteiger partial charge in [0.05, 0.1) is 11.1 Å². The Bertz CT molecular complexity index is 1870. The van der Waals surface area contributed by atoms with Gasteiger partial charge in [-0.05, 0) is 70.7 Å². The van der Waals surface area contributed by atoms with Crippen molar-refractivity contribution >= 4 is 55.3 Å². The molecule has 5 aromatic carbocycles. The first kappa shape index (κ1) is 22.2. The van der Waals surface area contributed by atoms with E-state index >= 15 is 0 Å². The number of benzene rings is 5. The van der Waals surface area contributed by atoms with Gasteiger partial charge in [0, 0.05) is 21.3 Å². The van der Waals surface area contributed by atoms with Crippen LogP contribution in [0, 0.1) is 0 Å². The van der Waals surface area contributed by atoms with E-state index in [0.717, 1.165) is 11.4 Å². The predicted molar refractivity (Wildman–Crippen MR) is 159 cm³/mol. The summed E-state index contributed by atoms with van der Waals surface area (Å²) in [4.78, 5) is 0. The van der Waals surface area contributed by atoms with Crippen LogP contribution in [-0.2, 0) is 5.54 Å². The lowest BCUT2D eigenvalue weighted by Crippen LogP contribution is -2.32. The molecule has 0 saturated heterocycles. The first-order valence-electron chi connectivity index (χ1n) is 12.8. The maximum absolute atomic E-state index is 6.57. The predicted octanol–water partition coefficient (Wildman–Crippen LogP) is 9.89. The number of hydrogen-bond donors (Lipinski definition) is 0. The van der Waals surface area contributed by atoms with Gasteiger partial charge in [-0.15, -0.1) is 0 Å². The van der Waals surface area contributed by atoms with E-state index in [9.17, 15) is 0 Å². The SMILES string of the molecule is CC1(n2c3ccccc3c3ccc(Cl)cc32)CC=C(c2cccc3ccccc23)C=C1c1ccccc1. The van der Waals surface area contributed by atoms with E-state index in [1.165, 1.54) is 54.9 Å². The van der Waals surface area contributed by atoms with Crippen LogP contribution >= 0.6 is 11.6 Å². The van der Waals surface area contributed by atoms with E-state index in [-0.39, 0.29) is 5.54 Å². The Balaban J connectivity index is 1.51. The van der Waals surface area contributed by atoms with Crippen LogP contribution in [0.5, 0.6) is 0 Å². The number of para-hydroxylation sites is 1. The van der Waals surface area contributed by atoms with E-state index < -0.39 is 0 Å². The highest BCUT2D eigenvalue weighted by atomic mass is 35.5. The molecule has 0 amide bonds. The van der Waals surface area contributed by atoms with Gasteiger partial charge in [-0.2, -0.15) is 0 Å². The van der Waals surface area contributed by atoms with Crippen LogP contribution in [-0.4, -0.2) is 4.57 Å². The van der Waals surface area contributed by atoms with Crippen LogP contribution in [0.3, 0.4) is 0 Å². The molecule has 1 atom stereocenters. The van der Waals surface area contributed by atoms with E-state index in [1.54, 1.807) is 0 Å². The summed E-state index contributed by atoms with van der Waals surface area (Å²) in [5.74, 6) is 0. The molecule has 0 bridgehead atoms. The summed E-state index contributed by atoms with van der Waals surface area (Å²) >= 11 is 6.57. The summed E-state index contributed by atoms with van der Waals surface area (Å²) in [5.41, 5.74) is 7.18. The number of nitrogens with zero attached hydrogens (tertiary/aromatic N) is 1. The summed E-state index contributed by atoms with van der Waals surface area (Å²) in [5, 5.41) is 5.80. The van der Waals surface area contributed by atoms with Crippen molar-refractivity contribution in [1.82, 2.24) is 4.57 Å². The van der Waals surface area contributed by atoms with Crippen molar-refractivity contribution in [2.75, 3.05) is 0 Å². The number of rotatable bonds is 3. The van der Waals surface area contributed by atoms with Gasteiger partial charge in [0.25, 0.3) is 0 Å². The summed E-state index contributed by atoms with van der Waals surface area (Å²) in [7, 11) is 0. The van der Waals surface area contributed by atoms with Crippen molar-refractivity contribution in [3.05, 3.63) is 144 Å². The van der Waals surface area contributed by atoms with E-state index in [2.05, 4.69) is 133 Å². The third kappa shape index (κ3) is 3.46. The Labute approximate surface area is 221 Å². The molecule has 1 aromatic heterocycles. The molecule has 0 radical (unpaired) electrons. The second kappa shape index (κ2) is 8.50. The van der Waals surface area contributed by atoms with Crippen molar-refractivity contribution < 1.29 is 0 Å². The molecule has 1 unspecified atom stereocenters. The number of fused-ring (bicyclic) bond motifs is 4. The maximum atomic E-state index is 6.57. The normalized spacial score (nSPS) is 17.8. The van der Waals surface area contributed by atoms with Gasteiger partial charge in [-0.3, -0.25) is 0 Å². The van der Waals surface area contributed by atoms with Crippen molar-refractivity contribution in [1.29, 1.82) is 0 Å². The van der Waals surface area contributed by atoms with Crippen molar-refractivity contribution in [2.45, 2.75) is 18.9 Å². The quantitative estimate of drug-likeness (QED) is 0.230. The number of allylic oxidation sites excluding steroid dienone is 4. The molecule has 0 spiro atoms. The highest BCUT2D eigenvalue weighted by Gasteiger charge is 2.36. The smallest absolute Gasteiger partial charge is 0.0715 e. The van der Waals surface area contributed by atoms with Gasteiger partial charge in [0.1, 0.15) is 0 Å². The van der Waals surface area contributed by atoms with Gasteiger partial charge in [0.2, 0.25) is 0 Å². The molecule has 2 heteroatoms. The average molecular weight is 496 g/mol. The minimum atomic E-state index is -0.304. The second-order valence-corrected chi connectivity index (χ2v) is 10.5. The van der Waals surface area contributed by atoms with Crippen LogP contribution in [0.15, 0.2) is 127 Å². The summed E-state index contributed by atoms with van der Waals surface area (Å²) in [6, 6.07) is 41.1. The highest BCUT2D eigenvalue weighted by molar-refractivity contribution is 6.31. The number of aromatic nitrogens is 1. The van der Waals surface area contributed by atoms with Crippen molar-refractivity contribution in [3.63, 3.8) is 0 Å². The van der Waals surface area contributed by atoms with Crippen LogP contribution in [0.1, 0.15) is 24.5 Å². The Kier molecular flexibility index (Phi) is 5.09. The number of halogens is 1. The first-order valence-corrected chi connectivity index (χ1v) is 13.2. The molecule has 1 nitrogen and oxygen atoms in total. The van der Waals surface area contributed by atoms with Crippen molar-refractivity contribution in [3.8, 4) is 0 Å². The second-order valence-electron chi connectivity index (χ2n) is 10.1. The topological polar surface area (TPSA) is 4.93 Å². The minimum Gasteiger partial charge on any atom is -0.330 e. The zero-order valence-electron chi connectivity index (χ0n) is 20.7. The van der Waals surface area contributed by atoms with Crippen molar-refractivity contribution in [2.24, 2.45) is 0 Å². The van der Waals surface area contributed by atoms with Crippen LogP contribution in [0.4, 0.5) is 0 Å². The molecule has 1 aliphatic carbocycles. The van der Waals surface area contributed by atoms with E-state index in [1.807, 2.05) is 6.07 Å². The lowest BCUT2D eigenvalue weighted by Gasteiger charge is -2.38. The molecule has 7 rings (SSSR count). The molecule has 0 fully saturated rings. The molecule has 0 N–H and O–H groups in total. The maximum Gasteiger partial charge on any atom is 0.0715 e. The zero-order valence-corrected chi connectivity index (χ0v) is 21.4. The fourth-order valence-electron chi connectivity index (χ4n) is 6.15. The molecular weight excluding hydrogens is 470 g/mol. The van der Waals surface area contributed by atoms with Gasteiger partial charge in [0.15, 0.2) is 0 Å². The average Bonchev–Trinajstić information content (AvgIpc) is 3.27. The standard InChI is InChI=1S/C35H26ClN/c1-35(37-33-17-8-7-15-30(33)31-19-18-27(36)23-34(31)37)21-20-26(22-32(35)25-11-3-2-4-12-25)29-16-9-13-24-10-5-6-14-28(24)29/h2-20,22-23H,21H2,1H3. The molecule has 6 aromatic rings. The molecule has 1 aliphatic rings. The van der Waals surface area contributed by atoms with Gasteiger partial charge >= 0.3 is 0 Å².